The van der Waals surface area contributed by atoms with E-state index >= 15 is 0 Å². The fourth-order valence-corrected chi connectivity index (χ4v) is 1.98. The van der Waals surface area contributed by atoms with Crippen LogP contribution in [0.25, 0.3) is 0 Å². The molecule has 1 aliphatic rings. The Labute approximate surface area is 107 Å². The fourth-order valence-electron chi connectivity index (χ4n) is 1.98. The van der Waals surface area contributed by atoms with Crippen LogP contribution in [0.2, 0.25) is 0 Å². The Morgan fingerprint density at radius 1 is 1.44 bits per heavy atom. The second kappa shape index (κ2) is 5.37. The van der Waals surface area contributed by atoms with Crippen LogP contribution in [-0.4, -0.2) is 24.2 Å². The number of aliphatic imine (C=N–C) groups is 1. The smallest absolute Gasteiger partial charge is 0.210 e. The molecule has 2 unspecified atom stereocenters. The molecule has 2 atom stereocenters. The summed E-state index contributed by atoms with van der Waals surface area (Å²) < 4.78 is 5.56. The van der Waals surface area contributed by atoms with Gasteiger partial charge in [0.15, 0.2) is 0 Å². The van der Waals surface area contributed by atoms with E-state index in [0.717, 1.165) is 18.7 Å². The molecule has 0 radical (unpaired) electrons. The molecule has 0 aliphatic carbocycles. The van der Waals surface area contributed by atoms with Crippen molar-refractivity contribution in [2.24, 2.45) is 10.8 Å². The maximum atomic E-state index is 5.56. The summed E-state index contributed by atoms with van der Waals surface area (Å²) in [5.74, 6) is 6.08. The molecule has 0 saturated carbocycles. The van der Waals surface area contributed by atoms with Crippen LogP contribution in [0.4, 0.5) is 5.69 Å². The van der Waals surface area contributed by atoms with Gasteiger partial charge in [-0.05, 0) is 32.4 Å². The van der Waals surface area contributed by atoms with Crippen molar-refractivity contribution in [1.29, 1.82) is 0 Å². The van der Waals surface area contributed by atoms with Crippen LogP contribution in [0, 0.1) is 0 Å². The molecule has 1 aliphatic heterocycles. The van der Waals surface area contributed by atoms with Gasteiger partial charge in [-0.1, -0.05) is 18.2 Å². The SMILES string of the molecule is CC1OCCC1(C)N=C(NN)Nc1ccccc1. The average molecular weight is 248 g/mol. The lowest BCUT2D eigenvalue weighted by atomic mass is 9.96. The summed E-state index contributed by atoms with van der Waals surface area (Å²) in [5.41, 5.74) is 3.32. The van der Waals surface area contributed by atoms with Crippen LogP contribution in [-0.2, 0) is 4.74 Å². The highest BCUT2D eigenvalue weighted by Crippen LogP contribution is 2.29. The van der Waals surface area contributed by atoms with E-state index in [1.807, 2.05) is 37.3 Å². The van der Waals surface area contributed by atoms with Gasteiger partial charge in [0.1, 0.15) is 0 Å². The number of rotatable bonds is 2. The van der Waals surface area contributed by atoms with Crippen molar-refractivity contribution in [2.75, 3.05) is 11.9 Å². The zero-order chi connectivity index (χ0) is 13.0. The minimum absolute atomic E-state index is 0.0958. The van der Waals surface area contributed by atoms with Gasteiger partial charge in [-0.15, -0.1) is 0 Å². The summed E-state index contributed by atoms with van der Waals surface area (Å²) in [7, 11) is 0. The lowest BCUT2D eigenvalue weighted by Crippen LogP contribution is -2.41. The van der Waals surface area contributed by atoms with Crippen molar-refractivity contribution in [3.05, 3.63) is 30.3 Å². The monoisotopic (exact) mass is 248 g/mol. The number of hydrogen-bond donors (Lipinski definition) is 3. The number of ether oxygens (including phenoxy) is 1. The largest absolute Gasteiger partial charge is 0.376 e. The van der Waals surface area contributed by atoms with E-state index in [4.69, 9.17) is 10.6 Å². The maximum absolute atomic E-state index is 5.56. The Morgan fingerprint density at radius 2 is 2.17 bits per heavy atom. The van der Waals surface area contributed by atoms with Crippen molar-refractivity contribution < 1.29 is 4.74 Å². The topological polar surface area (TPSA) is 71.7 Å². The van der Waals surface area contributed by atoms with E-state index in [1.165, 1.54) is 0 Å². The lowest BCUT2D eigenvalue weighted by molar-refractivity contribution is 0.101. The maximum Gasteiger partial charge on any atom is 0.210 e. The Kier molecular flexibility index (Phi) is 3.84. The van der Waals surface area contributed by atoms with Gasteiger partial charge in [0.25, 0.3) is 0 Å². The van der Waals surface area contributed by atoms with Gasteiger partial charge in [0.05, 0.1) is 11.6 Å². The van der Waals surface area contributed by atoms with E-state index in [-0.39, 0.29) is 11.6 Å². The zero-order valence-corrected chi connectivity index (χ0v) is 10.8. The van der Waals surface area contributed by atoms with Crippen molar-refractivity contribution in [3.8, 4) is 0 Å². The highest BCUT2D eigenvalue weighted by molar-refractivity contribution is 5.93. The molecule has 18 heavy (non-hydrogen) atoms. The third-order valence-corrected chi connectivity index (χ3v) is 3.39. The van der Waals surface area contributed by atoms with Crippen LogP contribution in [0.5, 0.6) is 0 Å². The van der Waals surface area contributed by atoms with Crippen molar-refractivity contribution in [2.45, 2.75) is 31.9 Å². The highest BCUT2D eigenvalue weighted by Gasteiger charge is 2.37. The van der Waals surface area contributed by atoms with E-state index < -0.39 is 0 Å². The summed E-state index contributed by atoms with van der Waals surface area (Å²) in [6.07, 6.45) is 0.994. The molecule has 2 rings (SSSR count). The first kappa shape index (κ1) is 12.9. The number of nitrogens with one attached hydrogen (secondary N) is 2. The molecule has 0 bridgehead atoms. The minimum Gasteiger partial charge on any atom is -0.376 e. The molecule has 0 amide bonds. The molecule has 0 spiro atoms. The number of para-hydroxylation sites is 1. The van der Waals surface area contributed by atoms with Gasteiger partial charge in [-0.3, -0.25) is 5.43 Å². The van der Waals surface area contributed by atoms with Crippen molar-refractivity contribution in [1.82, 2.24) is 5.43 Å². The molecule has 0 aromatic heterocycles. The first-order valence-corrected chi connectivity index (χ1v) is 6.14. The molecule has 5 heteroatoms. The molecule has 1 aromatic rings. The van der Waals surface area contributed by atoms with Crippen molar-refractivity contribution in [3.63, 3.8) is 0 Å². The first-order valence-electron chi connectivity index (χ1n) is 6.14. The van der Waals surface area contributed by atoms with E-state index in [0.29, 0.717) is 5.96 Å². The zero-order valence-electron chi connectivity index (χ0n) is 10.8. The van der Waals surface area contributed by atoms with Crippen LogP contribution >= 0.6 is 0 Å². The Balaban J connectivity index is 2.13. The number of hydrogen-bond acceptors (Lipinski definition) is 3. The lowest BCUT2D eigenvalue weighted by Gasteiger charge is -2.24. The third kappa shape index (κ3) is 2.80. The molecule has 1 heterocycles. The Bertz CT molecular complexity index is 420. The van der Waals surface area contributed by atoms with Crippen LogP contribution in [0.15, 0.2) is 35.3 Å². The van der Waals surface area contributed by atoms with Gasteiger partial charge in [-0.2, -0.15) is 0 Å². The summed E-state index contributed by atoms with van der Waals surface area (Å²) in [6, 6.07) is 9.80. The molecular formula is C13H20N4O. The first-order chi connectivity index (χ1) is 8.64. The Morgan fingerprint density at radius 3 is 2.72 bits per heavy atom. The van der Waals surface area contributed by atoms with Gasteiger partial charge in [0, 0.05) is 12.3 Å². The molecule has 1 saturated heterocycles. The summed E-state index contributed by atoms with van der Waals surface area (Å²) in [4.78, 5) is 4.65. The Hall–Kier alpha value is -1.59. The molecule has 1 fully saturated rings. The number of nitrogens with zero attached hydrogens (tertiary/aromatic N) is 1. The quantitative estimate of drug-likeness (QED) is 0.321. The number of nitrogens with two attached hydrogens (primary N) is 1. The predicted molar refractivity (Wildman–Crippen MR) is 73.3 cm³/mol. The summed E-state index contributed by atoms with van der Waals surface area (Å²) >= 11 is 0. The van der Waals surface area contributed by atoms with E-state index in [2.05, 4.69) is 22.7 Å². The number of anilines is 1. The van der Waals surface area contributed by atoms with Crippen LogP contribution in [0.1, 0.15) is 20.3 Å². The van der Waals surface area contributed by atoms with Crippen LogP contribution in [0.3, 0.4) is 0 Å². The van der Waals surface area contributed by atoms with E-state index in [9.17, 15) is 0 Å². The molecule has 98 valence electrons. The fraction of sp³-hybridized carbons (Fsp3) is 0.462. The summed E-state index contributed by atoms with van der Waals surface area (Å²) in [6.45, 7) is 4.85. The highest BCUT2D eigenvalue weighted by atomic mass is 16.5. The third-order valence-electron chi connectivity index (χ3n) is 3.39. The molecular weight excluding hydrogens is 228 g/mol. The van der Waals surface area contributed by atoms with Crippen LogP contribution < -0.4 is 16.6 Å². The van der Waals surface area contributed by atoms with Crippen molar-refractivity contribution >= 4 is 11.6 Å². The second-order valence-electron chi connectivity index (χ2n) is 4.72. The summed E-state index contributed by atoms with van der Waals surface area (Å²) in [5, 5.41) is 3.16. The normalized spacial score (nSPS) is 28.2. The van der Waals surface area contributed by atoms with Gasteiger partial charge in [0.2, 0.25) is 5.96 Å². The molecule has 1 aromatic carbocycles. The van der Waals surface area contributed by atoms with Gasteiger partial charge >= 0.3 is 0 Å². The molecule has 5 nitrogen and oxygen atoms in total. The standard InChI is InChI=1S/C13H20N4O/c1-10-13(2,8-9-18-10)16-12(17-14)15-11-6-4-3-5-7-11/h3-7,10H,8-9,14H2,1-2H3,(H2,15,16,17). The predicted octanol–water partition coefficient (Wildman–Crippen LogP) is 1.49. The average Bonchev–Trinajstić information content (AvgIpc) is 2.70. The van der Waals surface area contributed by atoms with E-state index in [1.54, 1.807) is 0 Å². The van der Waals surface area contributed by atoms with Gasteiger partial charge < -0.3 is 10.1 Å². The van der Waals surface area contributed by atoms with Gasteiger partial charge in [-0.25, -0.2) is 10.8 Å². The number of guanidine groups is 1. The number of benzene rings is 1. The molecule has 4 N–H and O–H groups in total. The number of hydrazine groups is 1. The second-order valence-corrected chi connectivity index (χ2v) is 4.72. The minimum atomic E-state index is -0.233.